The molecular formula is C17H35N. The maximum Gasteiger partial charge on any atom is 0.0172 e. The van der Waals surface area contributed by atoms with E-state index in [1.165, 1.54) is 30.7 Å². The van der Waals surface area contributed by atoms with Gasteiger partial charge in [0.2, 0.25) is 0 Å². The van der Waals surface area contributed by atoms with Crippen LogP contribution >= 0.6 is 0 Å². The minimum absolute atomic E-state index is 0.699. The molecule has 0 N–H and O–H groups in total. The van der Waals surface area contributed by atoms with Crippen molar-refractivity contribution in [3.05, 3.63) is 23.4 Å². The van der Waals surface area contributed by atoms with E-state index >= 15 is 0 Å². The van der Waals surface area contributed by atoms with E-state index in [1.807, 2.05) is 27.7 Å². The molecule has 0 saturated heterocycles. The first-order chi connectivity index (χ1) is 8.69. The van der Waals surface area contributed by atoms with E-state index in [4.69, 9.17) is 0 Å². The standard InChI is InChI=1S/C13H23N.2C2H6/c1-5-9-14(6-2)13-10-11(3)7-8-12(13)4;2*1-2/h7,10,12H,5-6,8-9H2,1-4H3;2*1-2H3/t12-;;/m1../s1. The Kier molecular flexibility index (Phi) is 13.9. The van der Waals surface area contributed by atoms with Crippen LogP contribution in [0.1, 0.15) is 68.2 Å². The number of rotatable bonds is 4. The fourth-order valence-corrected chi connectivity index (χ4v) is 2.06. The molecule has 0 bridgehead atoms. The van der Waals surface area contributed by atoms with Crippen molar-refractivity contribution in [1.82, 2.24) is 4.90 Å². The summed E-state index contributed by atoms with van der Waals surface area (Å²) in [4.78, 5) is 2.52. The molecule has 1 atom stereocenters. The van der Waals surface area contributed by atoms with Crippen LogP contribution in [0.15, 0.2) is 23.4 Å². The van der Waals surface area contributed by atoms with E-state index in [0.29, 0.717) is 5.92 Å². The Morgan fingerprint density at radius 1 is 1.17 bits per heavy atom. The van der Waals surface area contributed by atoms with Gasteiger partial charge < -0.3 is 4.90 Å². The molecule has 0 unspecified atom stereocenters. The van der Waals surface area contributed by atoms with Gasteiger partial charge in [-0.1, -0.05) is 53.2 Å². The fourth-order valence-electron chi connectivity index (χ4n) is 2.06. The Bertz CT molecular complexity index is 238. The van der Waals surface area contributed by atoms with E-state index < -0.39 is 0 Å². The minimum Gasteiger partial charge on any atom is -0.375 e. The SMILES string of the molecule is CC.CC.CCCN(CC)C1=CC(C)=CC[C@H]1C. The van der Waals surface area contributed by atoms with Gasteiger partial charge in [-0.05, 0) is 38.7 Å². The molecule has 0 radical (unpaired) electrons. The van der Waals surface area contributed by atoms with Crippen LogP contribution in [0.4, 0.5) is 0 Å². The van der Waals surface area contributed by atoms with Crippen molar-refractivity contribution in [2.24, 2.45) is 5.92 Å². The molecule has 1 aliphatic rings. The van der Waals surface area contributed by atoms with Gasteiger partial charge in [0.05, 0.1) is 0 Å². The molecule has 0 aromatic carbocycles. The molecule has 0 amide bonds. The van der Waals surface area contributed by atoms with Crippen molar-refractivity contribution >= 4 is 0 Å². The van der Waals surface area contributed by atoms with Crippen molar-refractivity contribution in [2.45, 2.75) is 68.2 Å². The summed E-state index contributed by atoms with van der Waals surface area (Å²) >= 11 is 0. The van der Waals surface area contributed by atoms with Crippen LogP contribution in [0.2, 0.25) is 0 Å². The van der Waals surface area contributed by atoms with Crippen molar-refractivity contribution in [2.75, 3.05) is 13.1 Å². The highest BCUT2D eigenvalue weighted by Crippen LogP contribution is 2.26. The Balaban J connectivity index is 0. The van der Waals surface area contributed by atoms with Crippen LogP contribution in [-0.4, -0.2) is 18.0 Å². The largest absolute Gasteiger partial charge is 0.375 e. The predicted octanol–water partition coefficient (Wildman–Crippen LogP) is 5.64. The maximum atomic E-state index is 2.52. The second kappa shape index (κ2) is 12.7. The van der Waals surface area contributed by atoms with Gasteiger partial charge in [0.1, 0.15) is 0 Å². The normalized spacial score (nSPS) is 17.4. The van der Waals surface area contributed by atoms with Crippen LogP contribution in [0, 0.1) is 5.92 Å². The minimum atomic E-state index is 0.699. The molecule has 0 aliphatic heterocycles. The number of nitrogens with zero attached hydrogens (tertiary/aromatic N) is 1. The molecule has 0 fully saturated rings. The van der Waals surface area contributed by atoms with Crippen molar-refractivity contribution in [3.8, 4) is 0 Å². The zero-order valence-corrected chi connectivity index (χ0v) is 14.0. The monoisotopic (exact) mass is 253 g/mol. The summed E-state index contributed by atoms with van der Waals surface area (Å²) in [5.74, 6) is 0.699. The van der Waals surface area contributed by atoms with Gasteiger partial charge in [0.15, 0.2) is 0 Å². The van der Waals surface area contributed by atoms with Gasteiger partial charge in [0, 0.05) is 18.8 Å². The molecule has 0 spiro atoms. The van der Waals surface area contributed by atoms with E-state index in [9.17, 15) is 0 Å². The molecular weight excluding hydrogens is 218 g/mol. The molecule has 0 saturated carbocycles. The average molecular weight is 253 g/mol. The van der Waals surface area contributed by atoms with Gasteiger partial charge in [-0.25, -0.2) is 0 Å². The lowest BCUT2D eigenvalue weighted by atomic mass is 9.94. The van der Waals surface area contributed by atoms with Crippen LogP contribution < -0.4 is 0 Å². The number of allylic oxidation sites excluding steroid dienone is 4. The Labute approximate surface area is 116 Å². The Hall–Kier alpha value is -0.720. The molecule has 0 aromatic rings. The van der Waals surface area contributed by atoms with E-state index in [-0.39, 0.29) is 0 Å². The lowest BCUT2D eigenvalue weighted by Crippen LogP contribution is -2.28. The van der Waals surface area contributed by atoms with Crippen LogP contribution in [-0.2, 0) is 0 Å². The number of hydrogen-bond donors (Lipinski definition) is 0. The summed E-state index contributed by atoms with van der Waals surface area (Å²) in [7, 11) is 0. The first-order valence-electron chi connectivity index (χ1n) is 7.82. The summed E-state index contributed by atoms with van der Waals surface area (Å²) in [5.41, 5.74) is 2.96. The molecule has 0 heterocycles. The molecule has 108 valence electrons. The molecule has 0 aromatic heterocycles. The third kappa shape index (κ3) is 6.88. The quantitative estimate of drug-likeness (QED) is 0.626. The highest BCUT2D eigenvalue weighted by Gasteiger charge is 2.16. The first kappa shape index (κ1) is 19.6. The van der Waals surface area contributed by atoms with Crippen LogP contribution in [0.5, 0.6) is 0 Å². The molecule has 1 rings (SSSR count). The van der Waals surface area contributed by atoms with Gasteiger partial charge >= 0.3 is 0 Å². The predicted molar refractivity (Wildman–Crippen MR) is 85.9 cm³/mol. The smallest absolute Gasteiger partial charge is 0.0172 e. The van der Waals surface area contributed by atoms with Gasteiger partial charge in [-0.3, -0.25) is 0 Å². The topological polar surface area (TPSA) is 3.24 Å². The van der Waals surface area contributed by atoms with Crippen molar-refractivity contribution < 1.29 is 0 Å². The van der Waals surface area contributed by atoms with Gasteiger partial charge in [-0.2, -0.15) is 0 Å². The second-order valence-corrected chi connectivity index (χ2v) is 4.23. The van der Waals surface area contributed by atoms with Crippen LogP contribution in [0.3, 0.4) is 0 Å². The average Bonchev–Trinajstić information content (AvgIpc) is 2.43. The summed E-state index contributed by atoms with van der Waals surface area (Å²) < 4.78 is 0. The molecule has 18 heavy (non-hydrogen) atoms. The highest BCUT2D eigenvalue weighted by atomic mass is 15.1. The summed E-state index contributed by atoms with van der Waals surface area (Å²) in [6.07, 6.45) is 7.14. The Morgan fingerprint density at radius 2 is 1.72 bits per heavy atom. The lowest BCUT2D eigenvalue weighted by Gasteiger charge is -2.31. The van der Waals surface area contributed by atoms with Crippen molar-refractivity contribution in [1.29, 1.82) is 0 Å². The van der Waals surface area contributed by atoms with E-state index in [2.05, 4.69) is 44.7 Å². The van der Waals surface area contributed by atoms with Crippen molar-refractivity contribution in [3.63, 3.8) is 0 Å². The zero-order chi connectivity index (χ0) is 14.6. The van der Waals surface area contributed by atoms with Gasteiger partial charge in [-0.15, -0.1) is 0 Å². The fraction of sp³-hybridized carbons (Fsp3) is 0.765. The molecule has 1 nitrogen and oxygen atoms in total. The highest BCUT2D eigenvalue weighted by molar-refractivity contribution is 5.27. The number of hydrogen-bond acceptors (Lipinski definition) is 1. The van der Waals surface area contributed by atoms with Crippen LogP contribution in [0.25, 0.3) is 0 Å². The van der Waals surface area contributed by atoms with E-state index in [0.717, 1.165) is 6.54 Å². The molecule has 1 heteroatoms. The van der Waals surface area contributed by atoms with Gasteiger partial charge in [0.25, 0.3) is 0 Å². The third-order valence-corrected chi connectivity index (χ3v) is 2.91. The first-order valence-corrected chi connectivity index (χ1v) is 7.82. The second-order valence-electron chi connectivity index (χ2n) is 4.23. The summed E-state index contributed by atoms with van der Waals surface area (Å²) in [5, 5.41) is 0. The third-order valence-electron chi connectivity index (χ3n) is 2.91. The zero-order valence-electron chi connectivity index (χ0n) is 14.0. The maximum absolute atomic E-state index is 2.52. The van der Waals surface area contributed by atoms with E-state index in [1.54, 1.807) is 0 Å². The summed E-state index contributed by atoms with van der Waals surface area (Å²) in [6, 6.07) is 0. The summed E-state index contributed by atoms with van der Waals surface area (Å²) in [6.45, 7) is 19.4. The Morgan fingerprint density at radius 3 is 2.17 bits per heavy atom. The lowest BCUT2D eigenvalue weighted by molar-refractivity contribution is 0.319. The molecule has 1 aliphatic carbocycles.